The molecule has 13 rings (SSSR count). The lowest BCUT2D eigenvalue weighted by molar-refractivity contribution is 0.349. The van der Waals surface area contributed by atoms with E-state index >= 15 is 0 Å². The third kappa shape index (κ3) is 6.71. The average Bonchev–Trinajstić information content (AvgIpc) is 3.93. The second-order valence-electron chi connectivity index (χ2n) is 18.0. The number of allylic oxidation sites excluding steroid dienone is 2. The molecule has 0 saturated heterocycles. The first-order chi connectivity index (χ1) is 33.2. The molecule has 0 saturated carbocycles. The SMILES string of the molecule is C=Cc1cccc2c1C(c1ccccc1)(C1CC=CCC1)c1ccccc1-2.c1ccc(N(c2cccc3ccccc23)c2cccc3ccccc23)c(-c2ccc3c(c2)[nH]c2ccccc23)c1. The van der Waals surface area contributed by atoms with Crippen molar-refractivity contribution in [2.24, 2.45) is 5.92 Å². The number of aromatic nitrogens is 1. The van der Waals surface area contributed by atoms with Gasteiger partial charge in [-0.05, 0) is 105 Å². The highest BCUT2D eigenvalue weighted by Crippen LogP contribution is 2.59. The summed E-state index contributed by atoms with van der Waals surface area (Å²) in [6.45, 7) is 4.16. The molecular weight excluding hydrogens is 809 g/mol. The molecule has 0 fully saturated rings. The number of anilines is 3. The van der Waals surface area contributed by atoms with Gasteiger partial charge in [0.1, 0.15) is 0 Å². The molecule has 10 aromatic carbocycles. The number of hydrogen-bond donors (Lipinski definition) is 1. The van der Waals surface area contributed by atoms with Crippen molar-refractivity contribution in [2.45, 2.75) is 24.7 Å². The highest BCUT2D eigenvalue weighted by atomic mass is 15.1. The molecule has 2 aliphatic carbocycles. The first-order valence-electron chi connectivity index (χ1n) is 23.6. The van der Waals surface area contributed by atoms with Gasteiger partial charge >= 0.3 is 0 Å². The van der Waals surface area contributed by atoms with Crippen molar-refractivity contribution in [1.29, 1.82) is 0 Å². The fraction of sp³-hybridized carbons (Fsp3) is 0.0769. The van der Waals surface area contributed by atoms with Crippen molar-refractivity contribution in [1.82, 2.24) is 4.98 Å². The predicted octanol–water partition coefficient (Wildman–Crippen LogP) is 17.8. The van der Waals surface area contributed by atoms with Crippen molar-refractivity contribution >= 4 is 66.5 Å². The Bertz CT molecular complexity index is 3580. The summed E-state index contributed by atoms with van der Waals surface area (Å²) in [5.41, 5.74) is 16.4. The number of H-pyrrole nitrogens is 1. The largest absolute Gasteiger partial charge is 0.354 e. The lowest BCUT2D eigenvalue weighted by atomic mass is 9.60. The van der Waals surface area contributed by atoms with Crippen LogP contribution in [0.4, 0.5) is 17.1 Å². The molecule has 0 aliphatic heterocycles. The Hall–Kier alpha value is -8.20. The van der Waals surface area contributed by atoms with Gasteiger partial charge in [0, 0.05) is 38.1 Å². The average molecular weight is 859 g/mol. The Balaban J connectivity index is 0.000000151. The lowest BCUT2D eigenvalue weighted by Gasteiger charge is -2.42. The van der Waals surface area contributed by atoms with Gasteiger partial charge in [0.2, 0.25) is 0 Å². The second kappa shape index (κ2) is 17.0. The molecule has 2 unspecified atom stereocenters. The minimum absolute atomic E-state index is 0.108. The monoisotopic (exact) mass is 858 g/mol. The van der Waals surface area contributed by atoms with E-state index in [9.17, 15) is 0 Å². The summed E-state index contributed by atoms with van der Waals surface area (Å²) in [7, 11) is 0. The van der Waals surface area contributed by atoms with Gasteiger partial charge in [-0.1, -0.05) is 219 Å². The van der Waals surface area contributed by atoms with E-state index in [4.69, 9.17) is 0 Å². The van der Waals surface area contributed by atoms with Crippen LogP contribution < -0.4 is 4.90 Å². The van der Waals surface area contributed by atoms with Crippen LogP contribution in [0.25, 0.3) is 71.7 Å². The quantitative estimate of drug-likeness (QED) is 0.158. The number of rotatable bonds is 7. The van der Waals surface area contributed by atoms with Gasteiger partial charge in [0.15, 0.2) is 0 Å². The highest BCUT2D eigenvalue weighted by Gasteiger charge is 2.50. The Kier molecular flexibility index (Phi) is 10.2. The van der Waals surface area contributed by atoms with Crippen LogP contribution in [-0.2, 0) is 5.41 Å². The maximum atomic E-state index is 4.16. The van der Waals surface area contributed by atoms with E-state index in [0.29, 0.717) is 5.92 Å². The summed E-state index contributed by atoms with van der Waals surface area (Å²) in [5, 5.41) is 7.39. The van der Waals surface area contributed by atoms with Crippen LogP contribution in [0.5, 0.6) is 0 Å². The van der Waals surface area contributed by atoms with E-state index in [-0.39, 0.29) is 5.41 Å². The van der Waals surface area contributed by atoms with Gasteiger partial charge in [-0.25, -0.2) is 0 Å². The number of nitrogens with zero attached hydrogens (tertiary/aromatic N) is 1. The summed E-state index contributed by atoms with van der Waals surface area (Å²) in [6.07, 6.45) is 10.3. The van der Waals surface area contributed by atoms with Crippen LogP contribution in [0.15, 0.2) is 243 Å². The number of benzene rings is 10. The van der Waals surface area contributed by atoms with Crippen LogP contribution in [0.1, 0.15) is 41.5 Å². The van der Waals surface area contributed by atoms with E-state index in [1.807, 2.05) is 6.08 Å². The molecule has 0 amide bonds. The molecule has 2 nitrogen and oxygen atoms in total. The van der Waals surface area contributed by atoms with Gasteiger partial charge in [0.05, 0.1) is 22.5 Å². The summed E-state index contributed by atoms with van der Waals surface area (Å²) in [6, 6.07) is 81.4. The van der Waals surface area contributed by atoms with E-state index < -0.39 is 0 Å². The van der Waals surface area contributed by atoms with Crippen LogP contribution in [0.3, 0.4) is 0 Å². The topological polar surface area (TPSA) is 19.0 Å². The minimum atomic E-state index is -0.108. The Morgan fingerprint density at radius 1 is 0.478 bits per heavy atom. The van der Waals surface area contributed by atoms with Crippen molar-refractivity contribution in [3.8, 4) is 22.3 Å². The van der Waals surface area contributed by atoms with E-state index in [2.05, 4.69) is 253 Å². The zero-order valence-electron chi connectivity index (χ0n) is 37.4. The normalized spacial score (nSPS) is 16.1. The van der Waals surface area contributed by atoms with Gasteiger partial charge in [0.25, 0.3) is 0 Å². The maximum Gasteiger partial charge on any atom is 0.0540 e. The Labute approximate surface area is 392 Å². The van der Waals surface area contributed by atoms with Gasteiger partial charge < -0.3 is 9.88 Å². The molecule has 2 heteroatoms. The molecule has 0 radical (unpaired) electrons. The zero-order valence-corrected chi connectivity index (χ0v) is 37.4. The molecule has 1 N–H and O–H groups in total. The van der Waals surface area contributed by atoms with Gasteiger partial charge in [-0.2, -0.15) is 0 Å². The first kappa shape index (κ1) is 40.3. The number of aromatic amines is 1. The first-order valence-corrected chi connectivity index (χ1v) is 23.6. The van der Waals surface area contributed by atoms with Crippen molar-refractivity contribution < 1.29 is 0 Å². The van der Waals surface area contributed by atoms with Crippen molar-refractivity contribution in [3.05, 3.63) is 265 Å². The van der Waals surface area contributed by atoms with Crippen LogP contribution in [0.2, 0.25) is 0 Å². The zero-order chi connectivity index (χ0) is 44.7. The third-order valence-corrected chi connectivity index (χ3v) is 14.4. The number of fused-ring (bicyclic) bond motifs is 8. The van der Waals surface area contributed by atoms with Crippen LogP contribution >= 0.6 is 0 Å². The fourth-order valence-electron chi connectivity index (χ4n) is 11.6. The standard InChI is InChI=1S/C38H26N2.C27H24/c1-3-15-29-26(11-1)13-9-21-37(29)40(38-22-10-14-27-12-2-4-16-30(27)38)36-20-8-6-17-31(36)28-23-24-33-32-18-5-7-19-34(32)39-35(33)25-28;1-2-20-12-11-18-24-23-17-9-10-19-25(23)27(26(20)24,21-13-5-3-6-14-21)22-15-7-4-8-16-22/h1-25,39H;2-7,9-14,17-19,22H,1,8,15-16H2. The summed E-state index contributed by atoms with van der Waals surface area (Å²) in [5.74, 6) is 0.549. The molecule has 11 aromatic rings. The predicted molar refractivity (Wildman–Crippen MR) is 286 cm³/mol. The molecule has 2 atom stereocenters. The number of para-hydroxylation sites is 2. The van der Waals surface area contributed by atoms with E-state index in [0.717, 1.165) is 40.9 Å². The van der Waals surface area contributed by atoms with Gasteiger partial charge in [-0.3, -0.25) is 0 Å². The molecule has 67 heavy (non-hydrogen) atoms. The van der Waals surface area contributed by atoms with Crippen molar-refractivity contribution in [2.75, 3.05) is 4.90 Å². The lowest BCUT2D eigenvalue weighted by Crippen LogP contribution is -2.37. The molecule has 0 spiro atoms. The highest BCUT2D eigenvalue weighted by molar-refractivity contribution is 6.10. The molecule has 1 aromatic heterocycles. The van der Waals surface area contributed by atoms with E-state index in [1.165, 1.54) is 83.2 Å². The molecule has 2 aliphatic rings. The van der Waals surface area contributed by atoms with Gasteiger partial charge in [-0.15, -0.1) is 0 Å². The number of hydrogen-bond acceptors (Lipinski definition) is 1. The maximum absolute atomic E-state index is 4.16. The van der Waals surface area contributed by atoms with Crippen molar-refractivity contribution in [3.63, 3.8) is 0 Å². The Morgan fingerprint density at radius 2 is 1.06 bits per heavy atom. The smallest absolute Gasteiger partial charge is 0.0540 e. The van der Waals surface area contributed by atoms with Crippen LogP contribution in [-0.4, -0.2) is 4.98 Å². The molecule has 320 valence electrons. The molecule has 0 bridgehead atoms. The summed E-state index contributed by atoms with van der Waals surface area (Å²) >= 11 is 0. The summed E-state index contributed by atoms with van der Waals surface area (Å²) < 4.78 is 0. The minimum Gasteiger partial charge on any atom is -0.354 e. The fourth-order valence-corrected chi connectivity index (χ4v) is 11.6. The molecular formula is C65H50N2. The van der Waals surface area contributed by atoms with E-state index in [1.54, 1.807) is 0 Å². The van der Waals surface area contributed by atoms with Crippen LogP contribution in [0, 0.1) is 5.92 Å². The third-order valence-electron chi connectivity index (χ3n) is 14.4. The summed E-state index contributed by atoms with van der Waals surface area (Å²) in [4.78, 5) is 6.07. The number of nitrogens with one attached hydrogen (secondary N) is 1. The Morgan fingerprint density at radius 3 is 1.79 bits per heavy atom. The molecule has 1 heterocycles. The second-order valence-corrected chi connectivity index (χ2v) is 18.0.